The van der Waals surface area contributed by atoms with E-state index < -0.39 is 0 Å². The fourth-order valence-corrected chi connectivity index (χ4v) is 6.54. The van der Waals surface area contributed by atoms with Crippen molar-refractivity contribution in [2.24, 2.45) is 0 Å². The molecule has 1 aliphatic heterocycles. The molecule has 1 saturated heterocycles. The monoisotopic (exact) mass is 204 g/mol. The van der Waals surface area contributed by atoms with Crippen LogP contribution in [-0.2, 0) is 0 Å². The van der Waals surface area contributed by atoms with Gasteiger partial charge in [0.2, 0.25) is 0 Å². The Labute approximate surface area is 80.7 Å². The molecular weight excluding hydrogens is 192 g/mol. The van der Waals surface area contributed by atoms with Crippen LogP contribution in [0.3, 0.4) is 0 Å². The van der Waals surface area contributed by atoms with E-state index in [1.54, 1.807) is 0 Å². The van der Waals surface area contributed by atoms with Gasteiger partial charge in [0, 0.05) is 0 Å². The second kappa shape index (κ2) is 5.22. The molecular formula is C8H12S3. The minimum absolute atomic E-state index is 0.724. The van der Waals surface area contributed by atoms with Gasteiger partial charge in [0.1, 0.15) is 0 Å². The van der Waals surface area contributed by atoms with Gasteiger partial charge in [-0.3, -0.25) is 0 Å². The molecule has 0 aromatic rings. The number of thioether (sulfide) groups is 1. The van der Waals surface area contributed by atoms with E-state index in [1.165, 1.54) is 0 Å². The van der Waals surface area contributed by atoms with Crippen molar-refractivity contribution in [1.82, 2.24) is 0 Å². The molecule has 0 bridgehead atoms. The van der Waals surface area contributed by atoms with Gasteiger partial charge in [-0.05, 0) is 12.8 Å². The van der Waals surface area contributed by atoms with Gasteiger partial charge in [0.15, 0.2) is 0 Å². The summed E-state index contributed by atoms with van der Waals surface area (Å²) >= 11 is 2.04. The summed E-state index contributed by atoms with van der Waals surface area (Å²) in [5.74, 6) is 0. The van der Waals surface area contributed by atoms with Crippen molar-refractivity contribution >= 4 is 33.3 Å². The van der Waals surface area contributed by atoms with Crippen LogP contribution in [0.25, 0.3) is 0 Å². The molecule has 1 fully saturated rings. The highest BCUT2D eigenvalue weighted by molar-refractivity contribution is 8.82. The van der Waals surface area contributed by atoms with Crippen LogP contribution in [0, 0.1) is 0 Å². The Kier molecular flexibility index (Phi) is 4.57. The molecule has 0 saturated carbocycles. The van der Waals surface area contributed by atoms with Crippen LogP contribution in [0.4, 0.5) is 0 Å². The van der Waals surface area contributed by atoms with Gasteiger partial charge in [-0.25, -0.2) is 0 Å². The summed E-state index contributed by atoms with van der Waals surface area (Å²) in [5, 5.41) is 0. The van der Waals surface area contributed by atoms with Gasteiger partial charge in [0.25, 0.3) is 0 Å². The SMILES string of the molecule is C=CCC1SSC(CC=C)S1. The predicted molar refractivity (Wildman–Crippen MR) is 60.0 cm³/mol. The Hall–Kier alpha value is 0.530. The maximum absolute atomic E-state index is 3.74. The van der Waals surface area contributed by atoms with E-state index in [1.807, 2.05) is 45.5 Å². The first-order valence-corrected chi connectivity index (χ1v) is 6.78. The topological polar surface area (TPSA) is 0 Å². The van der Waals surface area contributed by atoms with Gasteiger partial charge in [0.05, 0.1) is 9.16 Å². The predicted octanol–water partition coefficient (Wildman–Crippen LogP) is 3.92. The van der Waals surface area contributed by atoms with Crippen LogP contribution in [0.15, 0.2) is 25.3 Å². The van der Waals surface area contributed by atoms with Crippen LogP contribution in [-0.4, -0.2) is 9.16 Å². The number of hydrogen-bond donors (Lipinski definition) is 0. The Morgan fingerprint density at radius 3 is 1.82 bits per heavy atom. The lowest BCUT2D eigenvalue weighted by molar-refractivity contribution is 1.15. The molecule has 0 N–H and O–H groups in total. The lowest BCUT2D eigenvalue weighted by Crippen LogP contribution is -1.92. The minimum atomic E-state index is 0.724. The second-order valence-electron chi connectivity index (χ2n) is 2.24. The molecule has 2 atom stereocenters. The largest absolute Gasteiger partial charge is 0.131 e. The Morgan fingerprint density at radius 1 is 1.00 bits per heavy atom. The third kappa shape index (κ3) is 3.18. The Balaban J connectivity index is 2.22. The first-order chi connectivity index (χ1) is 5.36. The Morgan fingerprint density at radius 2 is 1.45 bits per heavy atom. The molecule has 0 aromatic heterocycles. The molecule has 0 radical (unpaired) electrons. The van der Waals surface area contributed by atoms with Crippen molar-refractivity contribution in [2.75, 3.05) is 0 Å². The van der Waals surface area contributed by atoms with Crippen LogP contribution in [0.2, 0.25) is 0 Å². The summed E-state index contributed by atoms with van der Waals surface area (Å²) in [7, 11) is 3.95. The summed E-state index contributed by atoms with van der Waals surface area (Å²) in [6.45, 7) is 7.48. The van der Waals surface area contributed by atoms with E-state index in [4.69, 9.17) is 0 Å². The quantitative estimate of drug-likeness (QED) is 0.503. The molecule has 3 heteroatoms. The highest BCUT2D eigenvalue weighted by Gasteiger charge is 2.24. The molecule has 11 heavy (non-hydrogen) atoms. The van der Waals surface area contributed by atoms with E-state index in [0.717, 1.165) is 22.0 Å². The molecule has 1 rings (SSSR count). The molecule has 62 valence electrons. The van der Waals surface area contributed by atoms with E-state index in [9.17, 15) is 0 Å². The van der Waals surface area contributed by atoms with Crippen LogP contribution < -0.4 is 0 Å². The lowest BCUT2D eigenvalue weighted by Gasteiger charge is -2.03. The van der Waals surface area contributed by atoms with Crippen molar-refractivity contribution in [3.05, 3.63) is 25.3 Å². The van der Waals surface area contributed by atoms with Crippen molar-refractivity contribution in [1.29, 1.82) is 0 Å². The van der Waals surface area contributed by atoms with Gasteiger partial charge >= 0.3 is 0 Å². The van der Waals surface area contributed by atoms with Crippen molar-refractivity contribution < 1.29 is 0 Å². The van der Waals surface area contributed by atoms with Gasteiger partial charge in [-0.15, -0.1) is 24.9 Å². The lowest BCUT2D eigenvalue weighted by atomic mass is 10.5. The van der Waals surface area contributed by atoms with Gasteiger partial charge in [-0.2, -0.15) is 0 Å². The Bertz CT molecular complexity index is 128. The van der Waals surface area contributed by atoms with Gasteiger partial charge < -0.3 is 0 Å². The number of rotatable bonds is 4. The van der Waals surface area contributed by atoms with Crippen LogP contribution in [0.1, 0.15) is 12.8 Å². The highest BCUT2D eigenvalue weighted by Crippen LogP contribution is 2.53. The van der Waals surface area contributed by atoms with Crippen molar-refractivity contribution in [3.63, 3.8) is 0 Å². The minimum Gasteiger partial charge on any atom is -0.131 e. The molecule has 0 aliphatic carbocycles. The zero-order valence-corrected chi connectivity index (χ0v) is 8.81. The number of allylic oxidation sites excluding steroid dienone is 2. The standard InChI is InChI=1S/C8H12S3/c1-3-5-7-9-8(6-4-2)11-10-7/h3-4,7-8H,1-2,5-6H2. The van der Waals surface area contributed by atoms with Crippen molar-refractivity contribution in [2.45, 2.75) is 22.0 Å². The molecule has 0 aromatic carbocycles. The van der Waals surface area contributed by atoms with E-state index >= 15 is 0 Å². The zero-order chi connectivity index (χ0) is 8.10. The number of hydrogen-bond acceptors (Lipinski definition) is 3. The molecule has 0 amide bonds. The molecule has 0 nitrogen and oxygen atoms in total. The first-order valence-electron chi connectivity index (χ1n) is 3.56. The van der Waals surface area contributed by atoms with Crippen LogP contribution >= 0.6 is 33.3 Å². The third-order valence-electron chi connectivity index (χ3n) is 1.29. The van der Waals surface area contributed by atoms with E-state index in [0.29, 0.717) is 0 Å². The molecule has 1 aliphatic rings. The summed E-state index contributed by atoms with van der Waals surface area (Å²) < 4.78 is 1.45. The summed E-state index contributed by atoms with van der Waals surface area (Å²) in [4.78, 5) is 0. The fraction of sp³-hybridized carbons (Fsp3) is 0.500. The highest BCUT2D eigenvalue weighted by atomic mass is 33.1. The summed E-state index contributed by atoms with van der Waals surface area (Å²) in [5.41, 5.74) is 0. The summed E-state index contributed by atoms with van der Waals surface area (Å²) in [6, 6.07) is 0. The van der Waals surface area contributed by atoms with E-state index in [2.05, 4.69) is 13.2 Å². The summed E-state index contributed by atoms with van der Waals surface area (Å²) in [6.07, 6.45) is 6.25. The van der Waals surface area contributed by atoms with E-state index in [-0.39, 0.29) is 0 Å². The normalized spacial score (nSPS) is 30.2. The molecule has 2 unspecified atom stereocenters. The van der Waals surface area contributed by atoms with Gasteiger partial charge in [-0.1, -0.05) is 33.7 Å². The fourth-order valence-electron chi connectivity index (χ4n) is 0.800. The van der Waals surface area contributed by atoms with Crippen LogP contribution in [0.5, 0.6) is 0 Å². The van der Waals surface area contributed by atoms with Crippen molar-refractivity contribution in [3.8, 4) is 0 Å². The first kappa shape index (κ1) is 9.62. The smallest absolute Gasteiger partial charge is 0.0652 e. The second-order valence-corrected chi connectivity index (χ2v) is 6.92. The molecule has 0 spiro atoms. The maximum Gasteiger partial charge on any atom is 0.0652 e. The third-order valence-corrected chi connectivity index (χ3v) is 6.91. The maximum atomic E-state index is 3.74. The molecule has 1 heterocycles. The zero-order valence-electron chi connectivity index (χ0n) is 6.36. The average molecular weight is 204 g/mol. The average Bonchev–Trinajstić information content (AvgIpc) is 2.38.